The molecule has 1 N–H and O–H groups in total. The number of piperidine rings is 1. The van der Waals surface area contributed by atoms with Gasteiger partial charge in [0.1, 0.15) is 0 Å². The van der Waals surface area contributed by atoms with Crippen molar-refractivity contribution in [2.24, 2.45) is 0 Å². The number of pyridine rings is 1. The summed E-state index contributed by atoms with van der Waals surface area (Å²) in [5.74, 6) is 0. The predicted octanol–water partition coefficient (Wildman–Crippen LogP) is 1.77. The van der Waals surface area contributed by atoms with Crippen LogP contribution >= 0.6 is 0 Å². The molecule has 2 heterocycles. The molecular formula is C15H18N2O3S. The topological polar surface area (TPSA) is 70.5 Å². The van der Waals surface area contributed by atoms with Gasteiger partial charge in [0.05, 0.1) is 16.0 Å². The van der Waals surface area contributed by atoms with Crippen molar-refractivity contribution >= 4 is 20.9 Å². The number of benzene rings is 1. The molecule has 0 saturated carbocycles. The summed E-state index contributed by atoms with van der Waals surface area (Å²) >= 11 is 0. The minimum absolute atomic E-state index is 0.282. The van der Waals surface area contributed by atoms with E-state index < -0.39 is 15.6 Å². The first kappa shape index (κ1) is 14.4. The lowest BCUT2D eigenvalue weighted by molar-refractivity contribution is 0.0126. The molecule has 0 atom stereocenters. The van der Waals surface area contributed by atoms with Crippen molar-refractivity contribution in [3.05, 3.63) is 36.5 Å². The Morgan fingerprint density at radius 2 is 1.95 bits per heavy atom. The van der Waals surface area contributed by atoms with E-state index in [1.54, 1.807) is 37.4 Å². The molecule has 1 saturated heterocycles. The van der Waals surface area contributed by atoms with Gasteiger partial charge in [-0.2, -0.15) is 4.31 Å². The van der Waals surface area contributed by atoms with E-state index in [0.29, 0.717) is 25.9 Å². The van der Waals surface area contributed by atoms with Gasteiger partial charge < -0.3 is 5.11 Å². The number of fused-ring (bicyclic) bond motifs is 1. The van der Waals surface area contributed by atoms with E-state index in [9.17, 15) is 13.5 Å². The standard InChI is InChI=1S/C15H18N2O3S/c1-15(18)6-9-17(10-7-15)21(19,20)13-4-5-14-12(11-13)3-2-8-16-14/h2-5,8,11,18H,6-7,9-10H2,1H3. The Hall–Kier alpha value is -1.50. The maximum absolute atomic E-state index is 12.7. The molecule has 0 amide bonds. The molecule has 1 aliphatic heterocycles. The minimum atomic E-state index is -3.51. The maximum atomic E-state index is 12.7. The Balaban J connectivity index is 1.93. The number of nitrogens with zero attached hydrogens (tertiary/aromatic N) is 2. The fourth-order valence-corrected chi connectivity index (χ4v) is 4.05. The Bertz CT molecular complexity index is 761. The third-order valence-electron chi connectivity index (χ3n) is 4.01. The molecule has 1 aromatic heterocycles. The van der Waals surface area contributed by atoms with Crippen molar-refractivity contribution in [1.29, 1.82) is 0 Å². The van der Waals surface area contributed by atoms with E-state index in [1.165, 1.54) is 4.31 Å². The smallest absolute Gasteiger partial charge is 0.243 e. The summed E-state index contributed by atoms with van der Waals surface area (Å²) < 4.78 is 26.8. The predicted molar refractivity (Wildman–Crippen MR) is 80.4 cm³/mol. The number of aliphatic hydroxyl groups is 1. The number of rotatable bonds is 2. The van der Waals surface area contributed by atoms with Gasteiger partial charge in [-0.25, -0.2) is 8.42 Å². The molecule has 3 rings (SSSR count). The maximum Gasteiger partial charge on any atom is 0.243 e. The van der Waals surface area contributed by atoms with Gasteiger partial charge in [-0.3, -0.25) is 4.98 Å². The molecule has 1 aliphatic rings. The SMILES string of the molecule is CC1(O)CCN(S(=O)(=O)c2ccc3ncccc3c2)CC1. The first-order valence-electron chi connectivity index (χ1n) is 6.96. The van der Waals surface area contributed by atoms with Crippen LogP contribution < -0.4 is 0 Å². The molecule has 21 heavy (non-hydrogen) atoms. The Labute approximate surface area is 124 Å². The van der Waals surface area contributed by atoms with E-state index in [1.807, 2.05) is 6.07 Å². The van der Waals surface area contributed by atoms with Crippen LogP contribution in [0.25, 0.3) is 10.9 Å². The van der Waals surface area contributed by atoms with Crippen LogP contribution in [0.3, 0.4) is 0 Å². The van der Waals surface area contributed by atoms with E-state index in [2.05, 4.69) is 4.98 Å². The lowest BCUT2D eigenvalue weighted by atomic mass is 9.95. The molecule has 0 aliphatic carbocycles. The van der Waals surface area contributed by atoms with Crippen molar-refractivity contribution in [2.45, 2.75) is 30.3 Å². The van der Waals surface area contributed by atoms with Crippen molar-refractivity contribution in [2.75, 3.05) is 13.1 Å². The van der Waals surface area contributed by atoms with Crippen molar-refractivity contribution < 1.29 is 13.5 Å². The average Bonchev–Trinajstić information content (AvgIpc) is 2.46. The van der Waals surface area contributed by atoms with Gasteiger partial charge >= 0.3 is 0 Å². The van der Waals surface area contributed by atoms with E-state index in [4.69, 9.17) is 0 Å². The molecule has 112 valence electrons. The summed E-state index contributed by atoms with van der Waals surface area (Å²) in [4.78, 5) is 4.48. The number of sulfonamides is 1. The van der Waals surface area contributed by atoms with Crippen LogP contribution in [0.15, 0.2) is 41.4 Å². The van der Waals surface area contributed by atoms with Gasteiger partial charge in [0, 0.05) is 24.7 Å². The minimum Gasteiger partial charge on any atom is -0.390 e. The second kappa shape index (κ2) is 5.05. The van der Waals surface area contributed by atoms with Crippen molar-refractivity contribution in [1.82, 2.24) is 9.29 Å². The quantitative estimate of drug-likeness (QED) is 0.918. The second-order valence-electron chi connectivity index (χ2n) is 5.76. The van der Waals surface area contributed by atoms with Crippen LogP contribution in [0.1, 0.15) is 19.8 Å². The van der Waals surface area contributed by atoms with E-state index >= 15 is 0 Å². The molecule has 0 spiro atoms. The zero-order valence-corrected chi connectivity index (χ0v) is 12.7. The Morgan fingerprint density at radius 1 is 1.24 bits per heavy atom. The molecule has 0 radical (unpaired) electrons. The van der Waals surface area contributed by atoms with Crippen LogP contribution in [0.2, 0.25) is 0 Å². The molecule has 1 aromatic carbocycles. The lowest BCUT2D eigenvalue weighted by Gasteiger charge is -2.34. The summed E-state index contributed by atoms with van der Waals surface area (Å²) in [5.41, 5.74) is 0.0114. The Morgan fingerprint density at radius 3 is 2.67 bits per heavy atom. The molecule has 2 aromatic rings. The van der Waals surface area contributed by atoms with Gasteiger partial charge in [-0.05, 0) is 44.0 Å². The fourth-order valence-electron chi connectivity index (χ4n) is 2.57. The van der Waals surface area contributed by atoms with Crippen molar-refractivity contribution in [3.63, 3.8) is 0 Å². The fraction of sp³-hybridized carbons (Fsp3) is 0.400. The van der Waals surface area contributed by atoms with Crippen LogP contribution in [-0.2, 0) is 10.0 Å². The number of hydrogen-bond acceptors (Lipinski definition) is 4. The molecule has 5 nitrogen and oxygen atoms in total. The summed E-state index contributed by atoms with van der Waals surface area (Å²) in [7, 11) is -3.51. The normalized spacial score (nSPS) is 19.7. The molecule has 1 fully saturated rings. The molecule has 6 heteroatoms. The zero-order chi connectivity index (χ0) is 15.1. The van der Waals surface area contributed by atoms with Crippen molar-refractivity contribution in [3.8, 4) is 0 Å². The van der Waals surface area contributed by atoms with Crippen LogP contribution in [0, 0.1) is 0 Å². The highest BCUT2D eigenvalue weighted by Crippen LogP contribution is 2.27. The number of aromatic nitrogens is 1. The molecular weight excluding hydrogens is 288 g/mol. The van der Waals surface area contributed by atoms with Crippen LogP contribution in [0.5, 0.6) is 0 Å². The van der Waals surface area contributed by atoms with Crippen LogP contribution in [0.4, 0.5) is 0 Å². The lowest BCUT2D eigenvalue weighted by Crippen LogP contribution is -2.45. The monoisotopic (exact) mass is 306 g/mol. The highest BCUT2D eigenvalue weighted by molar-refractivity contribution is 7.89. The average molecular weight is 306 g/mol. The first-order valence-corrected chi connectivity index (χ1v) is 8.40. The largest absolute Gasteiger partial charge is 0.390 e. The second-order valence-corrected chi connectivity index (χ2v) is 7.70. The van der Waals surface area contributed by atoms with E-state index in [-0.39, 0.29) is 4.90 Å². The third kappa shape index (κ3) is 2.79. The third-order valence-corrected chi connectivity index (χ3v) is 5.91. The number of hydrogen-bond donors (Lipinski definition) is 1. The molecule has 0 bridgehead atoms. The summed E-state index contributed by atoms with van der Waals surface area (Å²) in [6, 6.07) is 8.61. The summed E-state index contributed by atoms with van der Waals surface area (Å²) in [5, 5.41) is 10.7. The summed E-state index contributed by atoms with van der Waals surface area (Å²) in [6.07, 6.45) is 2.60. The van der Waals surface area contributed by atoms with E-state index in [0.717, 1.165) is 10.9 Å². The Kier molecular flexibility index (Phi) is 3.47. The van der Waals surface area contributed by atoms with Gasteiger partial charge in [0.2, 0.25) is 10.0 Å². The van der Waals surface area contributed by atoms with Crippen LogP contribution in [-0.4, -0.2) is 41.5 Å². The zero-order valence-electron chi connectivity index (χ0n) is 11.9. The van der Waals surface area contributed by atoms with Gasteiger partial charge in [0.15, 0.2) is 0 Å². The van der Waals surface area contributed by atoms with Gasteiger partial charge in [-0.15, -0.1) is 0 Å². The first-order chi connectivity index (χ1) is 9.88. The highest BCUT2D eigenvalue weighted by Gasteiger charge is 2.33. The summed E-state index contributed by atoms with van der Waals surface area (Å²) in [6.45, 7) is 2.44. The highest BCUT2D eigenvalue weighted by atomic mass is 32.2. The van der Waals surface area contributed by atoms with Gasteiger partial charge in [0.25, 0.3) is 0 Å². The molecule has 0 unspecified atom stereocenters. The van der Waals surface area contributed by atoms with Gasteiger partial charge in [-0.1, -0.05) is 6.07 Å².